The van der Waals surface area contributed by atoms with Crippen molar-refractivity contribution in [2.24, 2.45) is 0 Å². The molecule has 19 N–H and O–H groups in total. The van der Waals surface area contributed by atoms with Gasteiger partial charge < -0.3 is 154 Å². The Labute approximate surface area is 447 Å². The van der Waals surface area contributed by atoms with Crippen molar-refractivity contribution in [1.82, 2.24) is 15.0 Å². The third-order valence-corrected chi connectivity index (χ3v) is 14.4. The van der Waals surface area contributed by atoms with Crippen LogP contribution in [0.4, 0.5) is 4.39 Å². The fourth-order valence-corrected chi connectivity index (χ4v) is 9.88. The highest BCUT2D eigenvalue weighted by molar-refractivity contribution is 5.00. The minimum absolute atomic E-state index is 0.0302. The molecular weight excluding hydrogens is 1080 g/mol. The molecule has 0 aliphatic carbocycles. The number of rotatable bonds is 24. The summed E-state index contributed by atoms with van der Waals surface area (Å²) >= 11 is 0. The third kappa shape index (κ3) is 14.3. The summed E-state index contributed by atoms with van der Waals surface area (Å²) in [6.45, 7) is -5.88. The number of ether oxygens (including phenoxy) is 12. The second kappa shape index (κ2) is 29.1. The third-order valence-electron chi connectivity index (χ3n) is 14.4. The molecule has 79 heavy (non-hydrogen) atoms. The first-order valence-electron chi connectivity index (χ1n) is 25.5. The molecule has 6 saturated heterocycles. The van der Waals surface area contributed by atoms with Gasteiger partial charge in [0.25, 0.3) is 0 Å². The molecule has 0 aromatic carbocycles. The summed E-state index contributed by atoms with van der Waals surface area (Å²) < 4.78 is 81.5. The number of halogens is 1. The number of hydrogen-bond acceptors (Lipinski definition) is 33. The van der Waals surface area contributed by atoms with Crippen LogP contribution in [0.1, 0.15) is 18.5 Å². The van der Waals surface area contributed by atoms with Gasteiger partial charge in [0, 0.05) is 12.7 Å². The number of hydrogen-bond donors (Lipinski definition) is 19. The Kier molecular flexibility index (Phi) is 23.7. The highest BCUT2D eigenvalue weighted by Gasteiger charge is 2.57. The molecule has 0 spiro atoms. The standard InChI is InChI=1S/C44H74FN3O31/c45-4-1-3-14-7-48(47-46-14)5-2-6-68-39-29(63)23(57)34(16(9-50)70-39)76-41-31(65)25(59)36(18(11-52)72-41)78-43-33(67)27(61)38(20(13-54)74-43)79-44-32(66)26(60)37(19(12-53)73-44)77-42-30(64)24(58)35(17(10-51)71-42)75-40-28(62)22(56)21(55)15(8-49)69-40/h7,15-44,49-67H,1-6,8-13H2/t15-,16-,17-,18-,19-,20-,21-,22+,23-,24-,25-,26-,27-,28-,29-,30-,31-,32-,33-,34-,35-,36-,37-,38-,39-,40-,41-,42-,43-,44-/m1/s1/i45-1. The maximum absolute atomic E-state index is 12.5. The van der Waals surface area contributed by atoms with Crippen LogP contribution in [-0.2, 0) is 69.8 Å². The van der Waals surface area contributed by atoms with Crippen LogP contribution in [0.15, 0.2) is 6.20 Å². The average molecular weight is 1160 g/mol. The predicted octanol–water partition coefficient (Wildman–Crippen LogP) is -12.5. The van der Waals surface area contributed by atoms with E-state index in [9.17, 15) is 101 Å². The normalized spacial score (nSPS) is 47.1. The Morgan fingerprint density at radius 2 is 0.696 bits per heavy atom. The lowest BCUT2D eigenvalue weighted by atomic mass is 9.95. The van der Waals surface area contributed by atoms with Gasteiger partial charge in [0.15, 0.2) is 37.7 Å². The van der Waals surface area contributed by atoms with Crippen LogP contribution in [0.25, 0.3) is 0 Å². The molecule has 1 aromatic heterocycles. The van der Waals surface area contributed by atoms with Crippen LogP contribution in [0.2, 0.25) is 0 Å². The van der Waals surface area contributed by atoms with Crippen LogP contribution in [0.5, 0.6) is 0 Å². The van der Waals surface area contributed by atoms with Gasteiger partial charge in [0.2, 0.25) is 0 Å². The fraction of sp³-hybridized carbons (Fsp3) is 0.955. The van der Waals surface area contributed by atoms with Gasteiger partial charge in [-0.25, -0.2) is 0 Å². The molecular formula is C44H74FN3O31. The lowest BCUT2D eigenvalue weighted by Crippen LogP contribution is -2.68. The lowest BCUT2D eigenvalue weighted by molar-refractivity contribution is -0.396. The topological polar surface area (TPSA) is 526 Å². The van der Waals surface area contributed by atoms with Gasteiger partial charge in [-0.15, -0.1) is 5.10 Å². The summed E-state index contributed by atoms with van der Waals surface area (Å²) in [6.07, 6.45) is -53.4. The van der Waals surface area contributed by atoms with E-state index < -0.39 is 231 Å². The predicted molar refractivity (Wildman–Crippen MR) is 242 cm³/mol. The van der Waals surface area contributed by atoms with E-state index in [0.717, 1.165) is 0 Å². The fourth-order valence-electron chi connectivity index (χ4n) is 9.88. The molecule has 7 rings (SSSR count). The largest absolute Gasteiger partial charge is 0.394 e. The van der Waals surface area contributed by atoms with E-state index in [1.165, 1.54) is 4.68 Å². The molecule has 34 nitrogen and oxygen atoms in total. The summed E-state index contributed by atoms with van der Waals surface area (Å²) in [5, 5.41) is 211. The summed E-state index contributed by atoms with van der Waals surface area (Å²) in [4.78, 5) is 0. The van der Waals surface area contributed by atoms with Gasteiger partial charge in [-0.2, -0.15) is 0 Å². The van der Waals surface area contributed by atoms with E-state index >= 15 is 0 Å². The SMILES string of the molecule is OC[C@H]1O[C@H](O[C@H]2[C@H](O)[C@@H](O)[C@@H](O[C@H]3[C@H](O)[C@@H](O)[C@@H](O[C@H]4[C@H](O)[C@@H](O)[C@@H](O[C@H]5[C@H](O)[C@@H](O)[C@@H](O[C@H]6[C@H](O)[C@@H](O)[C@H](OCCCn7cc(CCC[18F])nn7)O[C@@H]6CO)O[C@@H]5CO)O[C@@H]4CO)O[C@@H]3CO)O[C@@H]2CO)[C@H](O)[C@@H](O)[C@@H]1O. The smallest absolute Gasteiger partial charge is 0.187 e. The highest BCUT2D eigenvalue weighted by Crippen LogP contribution is 2.37. The molecule has 0 unspecified atom stereocenters. The van der Waals surface area contributed by atoms with E-state index in [2.05, 4.69) is 10.3 Å². The van der Waals surface area contributed by atoms with Crippen molar-refractivity contribution in [1.29, 1.82) is 0 Å². The average Bonchev–Trinajstić information content (AvgIpc) is 3.96. The molecule has 6 fully saturated rings. The minimum Gasteiger partial charge on any atom is -0.394 e. The van der Waals surface area contributed by atoms with E-state index in [1.807, 2.05) is 0 Å². The quantitative estimate of drug-likeness (QED) is 0.0427. The molecule has 0 bridgehead atoms. The van der Waals surface area contributed by atoms with Gasteiger partial charge in [0.05, 0.1) is 58.6 Å². The first-order chi connectivity index (χ1) is 37.7. The first-order valence-corrected chi connectivity index (χ1v) is 25.5. The van der Waals surface area contributed by atoms with E-state index in [0.29, 0.717) is 31.5 Å². The molecule has 30 atom stereocenters. The van der Waals surface area contributed by atoms with Crippen LogP contribution in [0, 0.1) is 0 Å². The van der Waals surface area contributed by atoms with Gasteiger partial charge in [-0.3, -0.25) is 9.07 Å². The van der Waals surface area contributed by atoms with Crippen LogP contribution < -0.4 is 0 Å². The van der Waals surface area contributed by atoms with Gasteiger partial charge in [-0.1, -0.05) is 5.21 Å². The molecule has 6 aliphatic heterocycles. The minimum atomic E-state index is -2.19. The van der Waals surface area contributed by atoms with Gasteiger partial charge in [-0.05, 0) is 19.3 Å². The highest BCUT2D eigenvalue weighted by atomic mass is 18.2. The van der Waals surface area contributed by atoms with Crippen molar-refractivity contribution in [3.63, 3.8) is 0 Å². The molecule has 0 amide bonds. The van der Waals surface area contributed by atoms with Crippen molar-refractivity contribution >= 4 is 0 Å². The molecule has 35 heteroatoms. The van der Waals surface area contributed by atoms with Crippen LogP contribution in [-0.4, -0.2) is 349 Å². The summed E-state index contributed by atoms with van der Waals surface area (Å²) in [5.41, 5.74) is 0.599. The monoisotopic (exact) mass is 1160 g/mol. The second-order valence-electron chi connectivity index (χ2n) is 19.7. The zero-order chi connectivity index (χ0) is 57.6. The second-order valence-corrected chi connectivity index (χ2v) is 19.7. The van der Waals surface area contributed by atoms with E-state index in [-0.39, 0.29) is 6.61 Å². The van der Waals surface area contributed by atoms with Crippen molar-refractivity contribution in [3.8, 4) is 0 Å². The summed E-state index contributed by atoms with van der Waals surface area (Å²) in [7, 11) is 0. The van der Waals surface area contributed by atoms with E-state index in [1.54, 1.807) is 6.20 Å². The van der Waals surface area contributed by atoms with Crippen LogP contribution in [0.3, 0.4) is 0 Å². The maximum Gasteiger partial charge on any atom is 0.187 e. The Balaban J connectivity index is 0.917. The number of nitrogens with zero attached hydrogens (tertiary/aromatic N) is 3. The van der Waals surface area contributed by atoms with Gasteiger partial charge in [0.1, 0.15) is 146 Å². The number of alkyl halides is 1. The molecule has 0 radical (unpaired) electrons. The number of aliphatic hydroxyl groups is 19. The summed E-state index contributed by atoms with van der Waals surface area (Å²) in [5.74, 6) is 0. The molecule has 0 saturated carbocycles. The Bertz CT molecular complexity index is 1950. The lowest BCUT2D eigenvalue weighted by Gasteiger charge is -2.50. The Morgan fingerprint density at radius 3 is 1.03 bits per heavy atom. The Morgan fingerprint density at radius 1 is 0.392 bits per heavy atom. The van der Waals surface area contributed by atoms with Crippen molar-refractivity contribution in [2.75, 3.05) is 52.9 Å². The number of aliphatic hydroxyl groups excluding tert-OH is 19. The number of aromatic nitrogens is 3. The maximum atomic E-state index is 12.5. The molecule has 458 valence electrons. The van der Waals surface area contributed by atoms with Crippen molar-refractivity contribution in [2.45, 2.75) is 210 Å². The van der Waals surface area contributed by atoms with Crippen molar-refractivity contribution < 1.29 is 158 Å². The van der Waals surface area contributed by atoms with Gasteiger partial charge >= 0.3 is 0 Å². The summed E-state index contributed by atoms with van der Waals surface area (Å²) in [6, 6.07) is 0. The molecule has 1 aromatic rings. The Hall–Kier alpha value is -2.17. The van der Waals surface area contributed by atoms with Crippen LogP contribution >= 0.6 is 0 Å². The molecule has 7 heterocycles. The number of aryl methyl sites for hydroxylation is 2. The zero-order valence-electron chi connectivity index (χ0n) is 42.0. The molecule has 6 aliphatic rings. The van der Waals surface area contributed by atoms with Crippen molar-refractivity contribution in [3.05, 3.63) is 11.9 Å². The first kappa shape index (κ1) is 64.4. The van der Waals surface area contributed by atoms with E-state index in [4.69, 9.17) is 56.8 Å². The zero-order valence-corrected chi connectivity index (χ0v) is 42.0.